The summed E-state index contributed by atoms with van der Waals surface area (Å²) in [5.41, 5.74) is 3.95. The van der Waals surface area contributed by atoms with Gasteiger partial charge in [0.25, 0.3) is 0 Å². The molecule has 0 fully saturated rings. The van der Waals surface area contributed by atoms with Crippen LogP contribution in [0.1, 0.15) is 23.4 Å². The van der Waals surface area contributed by atoms with Crippen molar-refractivity contribution in [3.63, 3.8) is 0 Å². The first-order valence-electron chi connectivity index (χ1n) is 4.79. The average molecular weight is 183 g/mol. The Morgan fingerprint density at radius 1 is 1.43 bits per heavy atom. The molecule has 0 aromatic carbocycles. The second-order valence-electron chi connectivity index (χ2n) is 3.59. The smallest absolute Gasteiger partial charge is 0.155 e. The molecule has 1 aliphatic rings. The van der Waals surface area contributed by atoms with E-state index in [9.17, 15) is 0 Å². The van der Waals surface area contributed by atoms with Crippen molar-refractivity contribution in [2.24, 2.45) is 0 Å². The number of hydrogen-bond acceptors (Lipinski definition) is 2. The van der Waals surface area contributed by atoms with Gasteiger partial charge in [0, 0.05) is 11.9 Å². The maximum Gasteiger partial charge on any atom is 0.155 e. The summed E-state index contributed by atoms with van der Waals surface area (Å²) in [6, 6.07) is 5.90. The Morgan fingerprint density at radius 2 is 2.36 bits per heavy atom. The van der Waals surface area contributed by atoms with Gasteiger partial charge < -0.3 is 4.40 Å². The Kier molecular flexibility index (Phi) is 1.40. The molecule has 0 aliphatic heterocycles. The number of nitrogens with zero attached hydrogens (tertiary/aromatic N) is 3. The monoisotopic (exact) mass is 183 g/mol. The molecule has 0 atom stereocenters. The van der Waals surface area contributed by atoms with Gasteiger partial charge in [0.15, 0.2) is 5.65 Å². The van der Waals surface area contributed by atoms with Crippen LogP contribution in [0.25, 0.3) is 5.65 Å². The zero-order valence-electron chi connectivity index (χ0n) is 7.70. The summed E-state index contributed by atoms with van der Waals surface area (Å²) in [7, 11) is 0. The van der Waals surface area contributed by atoms with Gasteiger partial charge in [0.1, 0.15) is 6.07 Å². The van der Waals surface area contributed by atoms with E-state index in [0.717, 1.165) is 18.5 Å². The van der Waals surface area contributed by atoms with Crippen LogP contribution in [0.2, 0.25) is 0 Å². The van der Waals surface area contributed by atoms with E-state index in [1.54, 1.807) is 0 Å². The topological polar surface area (TPSA) is 41.1 Å². The van der Waals surface area contributed by atoms with Crippen LogP contribution < -0.4 is 0 Å². The molecule has 0 unspecified atom stereocenters. The largest absolute Gasteiger partial charge is 0.303 e. The Hall–Kier alpha value is -1.82. The lowest BCUT2D eigenvalue weighted by atomic mass is 10.3. The van der Waals surface area contributed by atoms with Crippen molar-refractivity contribution in [3.8, 4) is 6.07 Å². The molecule has 3 nitrogen and oxygen atoms in total. The first-order chi connectivity index (χ1) is 6.90. The number of aromatic nitrogens is 2. The molecule has 0 amide bonds. The van der Waals surface area contributed by atoms with Crippen molar-refractivity contribution < 1.29 is 0 Å². The van der Waals surface area contributed by atoms with E-state index in [1.165, 1.54) is 17.8 Å². The van der Waals surface area contributed by atoms with Crippen molar-refractivity contribution >= 4 is 5.65 Å². The molecular weight excluding hydrogens is 174 g/mol. The van der Waals surface area contributed by atoms with Gasteiger partial charge >= 0.3 is 0 Å². The molecule has 0 saturated carbocycles. The second-order valence-corrected chi connectivity index (χ2v) is 3.59. The van der Waals surface area contributed by atoms with Crippen molar-refractivity contribution in [1.82, 2.24) is 9.38 Å². The van der Waals surface area contributed by atoms with Crippen LogP contribution in [-0.4, -0.2) is 9.38 Å². The predicted octanol–water partition coefficient (Wildman–Crippen LogP) is 1.69. The number of hydrogen-bond donors (Lipinski definition) is 0. The zero-order chi connectivity index (χ0) is 9.54. The molecule has 2 aromatic heterocycles. The highest BCUT2D eigenvalue weighted by Crippen LogP contribution is 2.23. The molecule has 2 heterocycles. The molecule has 0 radical (unpaired) electrons. The number of aryl methyl sites for hydroxylation is 2. The van der Waals surface area contributed by atoms with E-state index in [0.29, 0.717) is 5.56 Å². The van der Waals surface area contributed by atoms with E-state index in [2.05, 4.69) is 15.5 Å². The van der Waals surface area contributed by atoms with Gasteiger partial charge in [-0.2, -0.15) is 5.26 Å². The molecule has 0 bridgehead atoms. The second kappa shape index (κ2) is 2.58. The average Bonchev–Trinajstić information content (AvgIpc) is 2.76. The summed E-state index contributed by atoms with van der Waals surface area (Å²) in [6.45, 7) is 0. The van der Waals surface area contributed by atoms with E-state index < -0.39 is 0 Å². The summed E-state index contributed by atoms with van der Waals surface area (Å²) in [5.74, 6) is 0. The number of fused-ring (bicyclic) bond motifs is 3. The maximum absolute atomic E-state index is 8.92. The van der Waals surface area contributed by atoms with Gasteiger partial charge in [-0.1, -0.05) is 0 Å². The third kappa shape index (κ3) is 0.828. The van der Waals surface area contributed by atoms with Crippen LogP contribution in [0, 0.1) is 11.3 Å². The van der Waals surface area contributed by atoms with E-state index in [1.807, 2.05) is 18.3 Å². The fourth-order valence-corrected chi connectivity index (χ4v) is 2.14. The van der Waals surface area contributed by atoms with Crippen molar-refractivity contribution in [3.05, 3.63) is 35.3 Å². The Morgan fingerprint density at radius 3 is 3.21 bits per heavy atom. The number of nitriles is 1. The maximum atomic E-state index is 8.92. The highest BCUT2D eigenvalue weighted by Gasteiger charge is 2.18. The number of imidazole rings is 1. The molecule has 0 N–H and O–H groups in total. The molecular formula is C11H9N3. The molecule has 3 heteroatoms. The third-order valence-electron chi connectivity index (χ3n) is 2.78. The van der Waals surface area contributed by atoms with Gasteiger partial charge in [-0.25, -0.2) is 4.98 Å². The summed E-state index contributed by atoms with van der Waals surface area (Å²) in [6.07, 6.45) is 5.33. The minimum Gasteiger partial charge on any atom is -0.303 e. The number of pyridine rings is 1. The first kappa shape index (κ1) is 7.57. The van der Waals surface area contributed by atoms with Crippen LogP contribution >= 0.6 is 0 Å². The van der Waals surface area contributed by atoms with Crippen LogP contribution in [0.3, 0.4) is 0 Å². The summed E-state index contributed by atoms with van der Waals surface area (Å²) < 4.78 is 2.06. The quantitative estimate of drug-likeness (QED) is 0.623. The molecule has 68 valence electrons. The van der Waals surface area contributed by atoms with Gasteiger partial charge in [-0.3, -0.25) is 0 Å². The Balaban J connectivity index is 2.43. The molecule has 0 saturated heterocycles. The SMILES string of the molecule is N#Cc1cccn2c3c(nc12)CCC3. The summed E-state index contributed by atoms with van der Waals surface area (Å²) in [5, 5.41) is 8.92. The van der Waals surface area contributed by atoms with Gasteiger partial charge in [0.2, 0.25) is 0 Å². The van der Waals surface area contributed by atoms with Gasteiger partial charge in [-0.15, -0.1) is 0 Å². The standard InChI is InChI=1S/C11H9N3/c12-7-8-3-2-6-14-10-5-1-4-9(10)13-11(8)14/h2-3,6H,1,4-5H2. The highest BCUT2D eigenvalue weighted by atomic mass is 15.0. The lowest BCUT2D eigenvalue weighted by Gasteiger charge is -1.97. The molecule has 3 rings (SSSR count). The minimum absolute atomic E-state index is 0.668. The van der Waals surface area contributed by atoms with Crippen LogP contribution in [0.15, 0.2) is 18.3 Å². The van der Waals surface area contributed by atoms with E-state index in [4.69, 9.17) is 5.26 Å². The fraction of sp³-hybridized carbons (Fsp3) is 0.273. The van der Waals surface area contributed by atoms with Crippen molar-refractivity contribution in [1.29, 1.82) is 5.26 Å². The fourth-order valence-electron chi connectivity index (χ4n) is 2.14. The molecule has 2 aromatic rings. The van der Waals surface area contributed by atoms with Gasteiger partial charge in [-0.05, 0) is 31.4 Å². The Labute approximate surface area is 81.6 Å². The lowest BCUT2D eigenvalue weighted by Crippen LogP contribution is -1.91. The minimum atomic E-state index is 0.668. The van der Waals surface area contributed by atoms with Crippen molar-refractivity contribution in [2.75, 3.05) is 0 Å². The molecule has 0 spiro atoms. The normalized spacial score (nSPS) is 14.2. The molecule has 1 aliphatic carbocycles. The van der Waals surface area contributed by atoms with Crippen LogP contribution in [0.5, 0.6) is 0 Å². The van der Waals surface area contributed by atoms with E-state index >= 15 is 0 Å². The molecule has 14 heavy (non-hydrogen) atoms. The Bertz CT molecular complexity index is 545. The predicted molar refractivity (Wildman–Crippen MR) is 51.9 cm³/mol. The summed E-state index contributed by atoms with van der Waals surface area (Å²) in [4.78, 5) is 4.50. The van der Waals surface area contributed by atoms with E-state index in [-0.39, 0.29) is 0 Å². The number of rotatable bonds is 0. The third-order valence-corrected chi connectivity index (χ3v) is 2.78. The zero-order valence-corrected chi connectivity index (χ0v) is 7.70. The first-order valence-corrected chi connectivity index (χ1v) is 4.79. The van der Waals surface area contributed by atoms with Gasteiger partial charge in [0.05, 0.1) is 11.3 Å². The lowest BCUT2D eigenvalue weighted by molar-refractivity contribution is 0.869. The van der Waals surface area contributed by atoms with Crippen LogP contribution in [0.4, 0.5) is 0 Å². The highest BCUT2D eigenvalue weighted by molar-refractivity contribution is 5.57. The van der Waals surface area contributed by atoms with Crippen LogP contribution in [-0.2, 0) is 12.8 Å². The van der Waals surface area contributed by atoms with Crippen molar-refractivity contribution in [2.45, 2.75) is 19.3 Å². The summed E-state index contributed by atoms with van der Waals surface area (Å²) >= 11 is 0.